The molecule has 0 amide bonds. The number of benzene rings is 1. The largest absolute Gasteiger partial charge is 0.113 e. The third kappa shape index (κ3) is 1.16. The van der Waals surface area contributed by atoms with Crippen molar-refractivity contribution < 1.29 is 0 Å². The molecule has 0 saturated carbocycles. The summed E-state index contributed by atoms with van der Waals surface area (Å²) < 4.78 is 0. The molecule has 1 aromatic carbocycles. The maximum absolute atomic E-state index is 5.82. The van der Waals surface area contributed by atoms with E-state index in [1.54, 1.807) is 0 Å². The summed E-state index contributed by atoms with van der Waals surface area (Å²) in [6, 6.07) is 8.49. The van der Waals surface area contributed by atoms with Crippen LogP contribution in [-0.2, 0) is 0 Å². The molecule has 0 heterocycles. The van der Waals surface area contributed by atoms with E-state index in [-0.39, 0.29) is 0 Å². The van der Waals surface area contributed by atoms with Crippen LogP contribution < -0.4 is 0 Å². The van der Waals surface area contributed by atoms with E-state index in [4.69, 9.17) is 7.85 Å². The van der Waals surface area contributed by atoms with Gasteiger partial charge in [-0.25, -0.2) is 0 Å². The van der Waals surface area contributed by atoms with E-state index >= 15 is 0 Å². The molecule has 0 N–H and O–H groups in total. The van der Waals surface area contributed by atoms with E-state index in [1.807, 2.05) is 6.08 Å². The van der Waals surface area contributed by atoms with Gasteiger partial charge >= 0.3 is 0 Å². The van der Waals surface area contributed by atoms with Gasteiger partial charge in [-0.1, -0.05) is 49.1 Å². The fourth-order valence-electron chi connectivity index (χ4n) is 2.58. The Morgan fingerprint density at radius 3 is 2.80 bits per heavy atom. The van der Waals surface area contributed by atoms with Crippen LogP contribution in [0.15, 0.2) is 54.5 Å². The average molecular weight is 190 g/mol. The first-order valence-corrected chi connectivity index (χ1v) is 5.21. The number of allylic oxidation sites excluding steroid dienone is 5. The van der Waals surface area contributed by atoms with Crippen molar-refractivity contribution in [2.45, 2.75) is 5.92 Å². The monoisotopic (exact) mass is 190 g/mol. The summed E-state index contributed by atoms with van der Waals surface area (Å²) in [5.74, 6) is 0.813. The lowest BCUT2D eigenvalue weighted by Crippen LogP contribution is -2.06. The highest BCUT2D eigenvalue weighted by atomic mass is 14.4. The van der Waals surface area contributed by atoms with Crippen molar-refractivity contribution in [1.82, 2.24) is 0 Å². The summed E-state index contributed by atoms with van der Waals surface area (Å²) in [5.41, 5.74) is 4.73. The van der Waals surface area contributed by atoms with Crippen LogP contribution in [0.4, 0.5) is 0 Å². The van der Waals surface area contributed by atoms with Crippen LogP contribution >= 0.6 is 0 Å². The summed E-state index contributed by atoms with van der Waals surface area (Å²) >= 11 is 0. The van der Waals surface area contributed by atoms with Gasteiger partial charge in [0, 0.05) is 11.8 Å². The van der Waals surface area contributed by atoms with E-state index in [0.29, 0.717) is 11.8 Å². The first kappa shape index (κ1) is 8.78. The Labute approximate surface area is 91.4 Å². The van der Waals surface area contributed by atoms with E-state index < -0.39 is 0 Å². The molecular formula is C14H11B. The molecular weight excluding hydrogens is 179 g/mol. The van der Waals surface area contributed by atoms with Crippen molar-refractivity contribution in [3.63, 3.8) is 0 Å². The Bertz CT molecular complexity index is 494. The van der Waals surface area contributed by atoms with Gasteiger partial charge in [0.1, 0.15) is 7.85 Å². The van der Waals surface area contributed by atoms with Crippen LogP contribution in [0.1, 0.15) is 17.0 Å². The maximum atomic E-state index is 5.82. The second-order valence-corrected chi connectivity index (χ2v) is 4.19. The second-order valence-electron chi connectivity index (χ2n) is 4.19. The summed E-state index contributed by atoms with van der Waals surface area (Å²) in [6.07, 6.45) is 6.31. The van der Waals surface area contributed by atoms with Crippen molar-refractivity contribution in [2.75, 3.05) is 0 Å². The molecule has 2 atom stereocenters. The highest BCUT2D eigenvalue weighted by Gasteiger charge is 2.33. The first-order valence-electron chi connectivity index (χ1n) is 5.21. The topological polar surface area (TPSA) is 0 Å². The molecule has 2 aliphatic rings. The minimum Gasteiger partial charge on any atom is -0.100 e. The molecule has 0 nitrogen and oxygen atoms in total. The van der Waals surface area contributed by atoms with Crippen LogP contribution in [0.5, 0.6) is 0 Å². The fraction of sp³-hybridized carbons (Fsp3) is 0.143. The molecule has 0 saturated heterocycles. The molecule has 70 valence electrons. The van der Waals surface area contributed by atoms with Crippen LogP contribution in [0.2, 0.25) is 0 Å². The van der Waals surface area contributed by atoms with E-state index in [1.165, 1.54) is 16.7 Å². The van der Waals surface area contributed by atoms with E-state index in [0.717, 1.165) is 5.47 Å². The Morgan fingerprint density at radius 2 is 1.93 bits per heavy atom. The quantitative estimate of drug-likeness (QED) is 0.551. The third-order valence-electron chi connectivity index (χ3n) is 3.32. The van der Waals surface area contributed by atoms with Gasteiger partial charge in [0.25, 0.3) is 0 Å². The molecule has 3 rings (SSSR count). The summed E-state index contributed by atoms with van der Waals surface area (Å²) in [6.45, 7) is 4.18. The second kappa shape index (κ2) is 3.00. The highest BCUT2D eigenvalue weighted by Crippen LogP contribution is 2.48. The summed E-state index contributed by atoms with van der Waals surface area (Å²) in [5, 5.41) is 0. The molecule has 15 heavy (non-hydrogen) atoms. The molecule has 0 aliphatic heterocycles. The molecule has 1 unspecified atom stereocenters. The molecule has 0 spiro atoms. The molecule has 0 bridgehead atoms. The molecule has 0 fully saturated rings. The van der Waals surface area contributed by atoms with Gasteiger partial charge in [-0.2, -0.15) is 0 Å². The predicted molar refractivity (Wildman–Crippen MR) is 64.7 cm³/mol. The molecule has 1 heteroatoms. The zero-order valence-corrected chi connectivity index (χ0v) is 8.48. The zero-order valence-electron chi connectivity index (χ0n) is 8.48. The highest BCUT2D eigenvalue weighted by molar-refractivity contribution is 6.23. The number of hydrogen-bond acceptors (Lipinski definition) is 0. The lowest BCUT2D eigenvalue weighted by Gasteiger charge is -2.19. The average Bonchev–Trinajstić information content (AvgIpc) is 2.54. The van der Waals surface area contributed by atoms with Crippen molar-refractivity contribution >= 4 is 13.4 Å². The minimum absolute atomic E-state index is 0.368. The van der Waals surface area contributed by atoms with Crippen LogP contribution in [0.25, 0.3) is 5.57 Å². The van der Waals surface area contributed by atoms with Crippen molar-refractivity contribution in [3.05, 3.63) is 65.7 Å². The molecule has 0 aromatic heterocycles. The Balaban J connectivity index is 2.18. The minimum atomic E-state index is 0.368. The number of hydrogen-bond donors (Lipinski definition) is 0. The van der Waals surface area contributed by atoms with Gasteiger partial charge in [-0.3, -0.25) is 0 Å². The smallest absolute Gasteiger partial charge is 0.100 e. The van der Waals surface area contributed by atoms with Crippen molar-refractivity contribution in [2.24, 2.45) is 5.92 Å². The molecule has 2 aliphatic carbocycles. The Morgan fingerprint density at radius 1 is 1.13 bits per heavy atom. The predicted octanol–water partition coefficient (Wildman–Crippen LogP) is 3.04. The van der Waals surface area contributed by atoms with Crippen LogP contribution in [0, 0.1) is 5.92 Å². The lowest BCUT2D eigenvalue weighted by molar-refractivity contribution is 0.751. The number of fused-ring (bicyclic) bond motifs is 3. The van der Waals surface area contributed by atoms with Gasteiger partial charge < -0.3 is 0 Å². The van der Waals surface area contributed by atoms with Gasteiger partial charge in [-0.15, -0.1) is 5.47 Å². The Hall–Kier alpha value is -1.50. The summed E-state index contributed by atoms with van der Waals surface area (Å²) in [4.78, 5) is 0. The van der Waals surface area contributed by atoms with Crippen LogP contribution in [-0.4, -0.2) is 7.85 Å². The fourth-order valence-corrected chi connectivity index (χ4v) is 2.58. The SMILES string of the molecule is [B]C1=C[C@@H]2C(=C)c3ccccc3C2C=C1. The van der Waals surface area contributed by atoms with Crippen LogP contribution in [0.3, 0.4) is 0 Å². The third-order valence-corrected chi connectivity index (χ3v) is 3.32. The van der Waals surface area contributed by atoms with Gasteiger partial charge in [0.15, 0.2) is 0 Å². The van der Waals surface area contributed by atoms with Gasteiger partial charge in [0.2, 0.25) is 0 Å². The van der Waals surface area contributed by atoms with E-state index in [9.17, 15) is 0 Å². The number of rotatable bonds is 0. The van der Waals surface area contributed by atoms with E-state index in [2.05, 4.69) is 43.0 Å². The molecule has 1 aromatic rings. The summed E-state index contributed by atoms with van der Waals surface area (Å²) in [7, 11) is 5.82. The van der Waals surface area contributed by atoms with Gasteiger partial charge in [0.05, 0.1) is 0 Å². The Kier molecular flexibility index (Phi) is 1.75. The zero-order chi connectivity index (χ0) is 10.4. The maximum Gasteiger partial charge on any atom is 0.113 e. The molecule has 2 radical (unpaired) electrons. The standard InChI is InChI=1S/C14H11B/c1-9-11-4-2-3-5-12(11)13-7-6-10(15)8-14(9)13/h2-8,13-14H,1H2/t13?,14-/m1/s1. The van der Waals surface area contributed by atoms with Crippen molar-refractivity contribution in [1.29, 1.82) is 0 Å². The van der Waals surface area contributed by atoms with Crippen molar-refractivity contribution in [3.8, 4) is 0 Å². The lowest BCUT2D eigenvalue weighted by atomic mass is 9.79. The normalized spacial score (nSPS) is 27.2. The van der Waals surface area contributed by atoms with Gasteiger partial charge in [-0.05, 0) is 16.7 Å². The first-order chi connectivity index (χ1) is 7.27.